The van der Waals surface area contributed by atoms with Crippen LogP contribution in [0.1, 0.15) is 36.3 Å². The fourth-order valence-electron chi connectivity index (χ4n) is 4.51. The van der Waals surface area contributed by atoms with E-state index < -0.39 is 11.7 Å². The quantitative estimate of drug-likeness (QED) is 0.676. The number of halogens is 3. The molecule has 1 unspecified atom stereocenters. The summed E-state index contributed by atoms with van der Waals surface area (Å²) < 4.78 is 46.9. The number of hydrogen-bond donors (Lipinski definition) is 0. The van der Waals surface area contributed by atoms with Gasteiger partial charge in [-0.15, -0.1) is 0 Å². The van der Waals surface area contributed by atoms with E-state index in [-0.39, 0.29) is 11.5 Å². The molecule has 2 saturated heterocycles. The third kappa shape index (κ3) is 4.41. The van der Waals surface area contributed by atoms with Gasteiger partial charge in [-0.25, -0.2) is 0 Å². The van der Waals surface area contributed by atoms with Gasteiger partial charge in [0.15, 0.2) is 0 Å². The molecule has 0 aromatic heterocycles. The Kier molecular flexibility index (Phi) is 5.74. The lowest BCUT2D eigenvalue weighted by atomic mass is 9.87. The maximum absolute atomic E-state index is 13.8. The van der Waals surface area contributed by atoms with Crippen LogP contribution in [0.3, 0.4) is 0 Å². The predicted molar refractivity (Wildman–Crippen MR) is 104 cm³/mol. The van der Waals surface area contributed by atoms with Crippen molar-refractivity contribution in [2.45, 2.75) is 31.4 Å². The molecule has 0 spiro atoms. The number of hydrogen-bond acceptors (Lipinski definition) is 2. The van der Waals surface area contributed by atoms with Crippen molar-refractivity contribution in [3.05, 3.63) is 59.7 Å². The molecule has 150 valence electrons. The topological polar surface area (TPSA) is 12.5 Å². The second-order valence-electron chi connectivity index (χ2n) is 8.00. The minimum Gasteiger partial charge on any atom is -0.381 e. The standard InChI is InChI=1S/C23H26F3NO/c24-23(25,26)22-13-19(8-9-21(22)18-5-2-1-3-6-18)20-7-4-11-27(15-20)14-17-10-12-28-16-17/h1-3,5-6,8-9,13,17,20H,4,7,10-12,14-16H2/t17?,20-/m0/s1. The summed E-state index contributed by atoms with van der Waals surface area (Å²) in [6.07, 6.45) is -1.30. The van der Waals surface area contributed by atoms with E-state index in [1.807, 2.05) is 12.1 Å². The van der Waals surface area contributed by atoms with Gasteiger partial charge in [0.1, 0.15) is 0 Å². The Labute approximate surface area is 164 Å². The highest BCUT2D eigenvalue weighted by molar-refractivity contribution is 5.68. The smallest absolute Gasteiger partial charge is 0.381 e. The van der Waals surface area contributed by atoms with Gasteiger partial charge in [-0.05, 0) is 60.4 Å². The van der Waals surface area contributed by atoms with Crippen molar-refractivity contribution in [1.82, 2.24) is 4.90 Å². The van der Waals surface area contributed by atoms with Crippen molar-refractivity contribution >= 4 is 0 Å². The Morgan fingerprint density at radius 1 is 1.04 bits per heavy atom. The van der Waals surface area contributed by atoms with Crippen LogP contribution in [0.4, 0.5) is 13.2 Å². The summed E-state index contributed by atoms with van der Waals surface area (Å²) >= 11 is 0. The number of alkyl halides is 3. The molecule has 2 atom stereocenters. The Morgan fingerprint density at radius 2 is 1.86 bits per heavy atom. The summed E-state index contributed by atoms with van der Waals surface area (Å²) in [5.41, 5.74) is 1.14. The summed E-state index contributed by atoms with van der Waals surface area (Å²) in [4.78, 5) is 2.41. The molecule has 0 bridgehead atoms. The normalized spacial score (nSPS) is 23.8. The van der Waals surface area contributed by atoms with Gasteiger partial charge in [-0.3, -0.25) is 0 Å². The van der Waals surface area contributed by atoms with Gasteiger partial charge in [-0.2, -0.15) is 13.2 Å². The first-order valence-electron chi connectivity index (χ1n) is 10.1. The molecule has 2 aliphatic rings. The molecule has 0 radical (unpaired) electrons. The molecular formula is C23H26F3NO. The van der Waals surface area contributed by atoms with Crippen LogP contribution in [0.2, 0.25) is 0 Å². The lowest BCUT2D eigenvalue weighted by Crippen LogP contribution is -2.38. The molecule has 4 rings (SSSR count). The number of nitrogens with zero attached hydrogens (tertiary/aromatic N) is 1. The molecule has 2 heterocycles. The minimum atomic E-state index is -4.36. The summed E-state index contributed by atoms with van der Waals surface area (Å²) in [6.45, 7) is 4.49. The maximum Gasteiger partial charge on any atom is 0.417 e. The van der Waals surface area contributed by atoms with Crippen molar-refractivity contribution in [3.63, 3.8) is 0 Å². The van der Waals surface area contributed by atoms with Gasteiger partial charge < -0.3 is 9.64 Å². The van der Waals surface area contributed by atoms with Crippen LogP contribution in [0.5, 0.6) is 0 Å². The highest BCUT2D eigenvalue weighted by Crippen LogP contribution is 2.40. The van der Waals surface area contributed by atoms with Crippen LogP contribution >= 0.6 is 0 Å². The molecule has 0 amide bonds. The van der Waals surface area contributed by atoms with E-state index in [1.165, 1.54) is 6.07 Å². The van der Waals surface area contributed by atoms with Crippen LogP contribution in [0, 0.1) is 5.92 Å². The first-order valence-corrected chi connectivity index (χ1v) is 10.1. The van der Waals surface area contributed by atoms with Crippen molar-refractivity contribution in [1.29, 1.82) is 0 Å². The van der Waals surface area contributed by atoms with Crippen molar-refractivity contribution in [2.75, 3.05) is 32.8 Å². The van der Waals surface area contributed by atoms with Gasteiger partial charge in [0, 0.05) is 19.7 Å². The fraction of sp³-hybridized carbons (Fsp3) is 0.478. The molecule has 2 fully saturated rings. The van der Waals surface area contributed by atoms with E-state index in [0.717, 1.165) is 57.7 Å². The Morgan fingerprint density at radius 3 is 2.57 bits per heavy atom. The first-order chi connectivity index (χ1) is 13.5. The maximum atomic E-state index is 13.8. The largest absolute Gasteiger partial charge is 0.417 e. The van der Waals surface area contributed by atoms with Crippen LogP contribution in [-0.4, -0.2) is 37.7 Å². The summed E-state index contributed by atoms with van der Waals surface area (Å²) in [5.74, 6) is 0.715. The van der Waals surface area contributed by atoms with Crippen molar-refractivity contribution < 1.29 is 17.9 Å². The Hall–Kier alpha value is -1.85. The predicted octanol–water partition coefficient (Wildman–Crippen LogP) is 5.59. The molecule has 2 aliphatic heterocycles. The average Bonchev–Trinajstić information content (AvgIpc) is 3.21. The zero-order chi connectivity index (χ0) is 19.6. The fourth-order valence-corrected chi connectivity index (χ4v) is 4.51. The van der Waals surface area contributed by atoms with Crippen LogP contribution in [-0.2, 0) is 10.9 Å². The molecular weight excluding hydrogens is 363 g/mol. The second kappa shape index (κ2) is 8.26. The molecule has 2 aromatic carbocycles. The minimum absolute atomic E-state index is 0.155. The highest BCUT2D eigenvalue weighted by Gasteiger charge is 2.35. The molecule has 0 aliphatic carbocycles. The van der Waals surface area contributed by atoms with Crippen LogP contribution < -0.4 is 0 Å². The van der Waals surface area contributed by atoms with E-state index in [9.17, 15) is 13.2 Å². The van der Waals surface area contributed by atoms with Gasteiger partial charge in [0.25, 0.3) is 0 Å². The van der Waals surface area contributed by atoms with E-state index in [1.54, 1.807) is 30.3 Å². The van der Waals surface area contributed by atoms with E-state index >= 15 is 0 Å². The SMILES string of the molecule is FC(F)(F)c1cc([C@H]2CCCN(CC3CCOC3)C2)ccc1-c1ccccc1. The van der Waals surface area contributed by atoms with Crippen LogP contribution in [0.25, 0.3) is 11.1 Å². The first kappa shape index (κ1) is 19.5. The van der Waals surface area contributed by atoms with Crippen LogP contribution in [0.15, 0.2) is 48.5 Å². The van der Waals surface area contributed by atoms with Gasteiger partial charge in [0.05, 0.1) is 12.2 Å². The van der Waals surface area contributed by atoms with Gasteiger partial charge in [-0.1, -0.05) is 42.5 Å². The summed E-state index contributed by atoms with van der Waals surface area (Å²) in [6, 6.07) is 13.8. The van der Waals surface area contributed by atoms with Gasteiger partial charge in [0.2, 0.25) is 0 Å². The Balaban J connectivity index is 1.57. The number of likely N-dealkylation sites (tertiary alicyclic amines) is 1. The number of rotatable bonds is 4. The molecule has 2 nitrogen and oxygen atoms in total. The molecule has 0 saturated carbocycles. The van der Waals surface area contributed by atoms with Crippen molar-refractivity contribution in [3.8, 4) is 11.1 Å². The zero-order valence-corrected chi connectivity index (χ0v) is 15.9. The van der Waals surface area contributed by atoms with E-state index in [0.29, 0.717) is 11.5 Å². The number of benzene rings is 2. The van der Waals surface area contributed by atoms with Crippen molar-refractivity contribution in [2.24, 2.45) is 5.92 Å². The molecule has 28 heavy (non-hydrogen) atoms. The second-order valence-corrected chi connectivity index (χ2v) is 8.00. The lowest BCUT2D eigenvalue weighted by Gasteiger charge is -2.34. The number of ether oxygens (including phenoxy) is 1. The zero-order valence-electron chi connectivity index (χ0n) is 15.9. The summed E-state index contributed by atoms with van der Waals surface area (Å²) in [7, 11) is 0. The molecule has 5 heteroatoms. The van der Waals surface area contributed by atoms with E-state index in [2.05, 4.69) is 4.90 Å². The average molecular weight is 389 g/mol. The third-order valence-electron chi connectivity index (χ3n) is 5.95. The highest BCUT2D eigenvalue weighted by atomic mass is 19.4. The number of piperidine rings is 1. The lowest BCUT2D eigenvalue weighted by molar-refractivity contribution is -0.137. The van der Waals surface area contributed by atoms with E-state index in [4.69, 9.17) is 4.74 Å². The third-order valence-corrected chi connectivity index (χ3v) is 5.95. The van der Waals surface area contributed by atoms with Gasteiger partial charge >= 0.3 is 6.18 Å². The Bertz CT molecular complexity index is 784. The molecule has 2 aromatic rings. The monoisotopic (exact) mass is 389 g/mol. The summed E-state index contributed by atoms with van der Waals surface area (Å²) in [5, 5.41) is 0. The molecule has 0 N–H and O–H groups in total.